The highest BCUT2D eigenvalue weighted by molar-refractivity contribution is 6.30. The molecule has 0 aliphatic rings. The van der Waals surface area contributed by atoms with E-state index in [0.29, 0.717) is 10.6 Å². The van der Waals surface area contributed by atoms with Crippen molar-refractivity contribution in [3.05, 3.63) is 74.8 Å². The minimum Gasteiger partial charge on any atom is -0.352 e. The second-order valence-electron chi connectivity index (χ2n) is 5.32. The standard InChI is InChI=1S/C17H15ClN4O5/c18-13-6-4-11(5-7-13)16(24)19-9-8-15(23)20-21-17(25)12-2-1-3-14(10-12)22(26)27/h1-7,10H,8-9H2,(H,19,24)(H,20,23)(H,21,25). The molecule has 0 unspecified atom stereocenters. The van der Waals surface area contributed by atoms with E-state index in [1.807, 2.05) is 0 Å². The first-order chi connectivity index (χ1) is 12.9. The summed E-state index contributed by atoms with van der Waals surface area (Å²) in [6.07, 6.45) is -0.0749. The van der Waals surface area contributed by atoms with Gasteiger partial charge in [0, 0.05) is 41.2 Å². The van der Waals surface area contributed by atoms with Crippen molar-refractivity contribution in [1.29, 1.82) is 0 Å². The molecule has 10 heteroatoms. The molecule has 0 saturated heterocycles. The van der Waals surface area contributed by atoms with E-state index in [1.54, 1.807) is 24.3 Å². The molecular formula is C17H15ClN4O5. The maximum Gasteiger partial charge on any atom is 0.270 e. The molecule has 0 heterocycles. The summed E-state index contributed by atoms with van der Waals surface area (Å²) in [7, 11) is 0. The SMILES string of the molecule is O=C(CCNC(=O)c1ccc(Cl)cc1)NNC(=O)c1cccc([N+](=O)[O-])c1. The predicted octanol–water partition coefficient (Wildman–Crippen LogP) is 1.83. The molecule has 2 aromatic rings. The molecule has 0 fully saturated rings. The molecule has 0 spiro atoms. The molecule has 0 radical (unpaired) electrons. The zero-order valence-corrected chi connectivity index (χ0v) is 14.7. The number of amides is 3. The number of carbonyl (C=O) groups excluding carboxylic acids is 3. The molecular weight excluding hydrogens is 376 g/mol. The van der Waals surface area contributed by atoms with Crippen molar-refractivity contribution in [3.63, 3.8) is 0 Å². The number of hydrogen-bond acceptors (Lipinski definition) is 5. The molecule has 0 atom stereocenters. The Bertz CT molecular complexity index is 870. The van der Waals surface area contributed by atoms with Gasteiger partial charge in [-0.1, -0.05) is 17.7 Å². The van der Waals surface area contributed by atoms with E-state index in [2.05, 4.69) is 16.2 Å². The first-order valence-electron chi connectivity index (χ1n) is 7.74. The lowest BCUT2D eigenvalue weighted by molar-refractivity contribution is -0.384. The number of non-ortho nitro benzene ring substituents is 1. The summed E-state index contributed by atoms with van der Waals surface area (Å²) < 4.78 is 0. The average molecular weight is 391 g/mol. The van der Waals surface area contributed by atoms with Gasteiger partial charge in [-0.3, -0.25) is 35.3 Å². The first kappa shape index (κ1) is 19.9. The number of carbonyl (C=O) groups is 3. The molecule has 0 saturated carbocycles. The maximum atomic E-state index is 11.9. The highest BCUT2D eigenvalue weighted by atomic mass is 35.5. The van der Waals surface area contributed by atoms with Crippen molar-refractivity contribution in [1.82, 2.24) is 16.2 Å². The fourth-order valence-electron chi connectivity index (χ4n) is 2.01. The zero-order valence-electron chi connectivity index (χ0n) is 13.9. The third kappa shape index (κ3) is 6.08. The van der Waals surface area contributed by atoms with Crippen LogP contribution >= 0.6 is 11.6 Å². The fourth-order valence-corrected chi connectivity index (χ4v) is 2.14. The van der Waals surface area contributed by atoms with Crippen LogP contribution in [-0.2, 0) is 4.79 Å². The molecule has 2 rings (SSSR count). The summed E-state index contributed by atoms with van der Waals surface area (Å²) in [5, 5.41) is 13.8. The van der Waals surface area contributed by atoms with Crippen molar-refractivity contribution >= 4 is 35.0 Å². The number of nitrogens with one attached hydrogen (secondary N) is 3. The number of halogens is 1. The zero-order chi connectivity index (χ0) is 19.8. The first-order valence-corrected chi connectivity index (χ1v) is 8.12. The maximum absolute atomic E-state index is 11.9. The summed E-state index contributed by atoms with van der Waals surface area (Å²) in [5.74, 6) is -1.59. The summed E-state index contributed by atoms with van der Waals surface area (Å²) in [4.78, 5) is 45.5. The van der Waals surface area contributed by atoms with Crippen LogP contribution < -0.4 is 16.2 Å². The highest BCUT2D eigenvalue weighted by Gasteiger charge is 2.12. The molecule has 2 aromatic carbocycles. The van der Waals surface area contributed by atoms with Crippen LogP contribution in [0, 0.1) is 10.1 Å². The lowest BCUT2D eigenvalue weighted by Gasteiger charge is -2.08. The summed E-state index contributed by atoms with van der Waals surface area (Å²) >= 11 is 5.74. The third-order valence-corrected chi connectivity index (χ3v) is 3.63. The summed E-state index contributed by atoms with van der Waals surface area (Å²) in [5.41, 5.74) is 4.52. The molecule has 27 heavy (non-hydrogen) atoms. The Kier molecular flexibility index (Phi) is 6.84. The lowest BCUT2D eigenvalue weighted by atomic mass is 10.2. The van der Waals surface area contributed by atoms with Crippen molar-refractivity contribution in [2.45, 2.75) is 6.42 Å². The Morgan fingerprint density at radius 2 is 1.67 bits per heavy atom. The van der Waals surface area contributed by atoms with E-state index >= 15 is 0 Å². The molecule has 0 aliphatic carbocycles. The Labute approximate surface area is 158 Å². The van der Waals surface area contributed by atoms with Gasteiger partial charge in [0.1, 0.15) is 0 Å². The molecule has 0 aromatic heterocycles. The van der Waals surface area contributed by atoms with Crippen LogP contribution in [0.25, 0.3) is 0 Å². The molecule has 0 bridgehead atoms. The second kappa shape index (κ2) is 9.30. The summed E-state index contributed by atoms with van der Waals surface area (Å²) in [6.45, 7) is 0.0555. The van der Waals surface area contributed by atoms with Crippen molar-refractivity contribution in [3.8, 4) is 0 Å². The van der Waals surface area contributed by atoms with Crippen LogP contribution in [-0.4, -0.2) is 29.2 Å². The monoisotopic (exact) mass is 390 g/mol. The molecule has 3 N–H and O–H groups in total. The van der Waals surface area contributed by atoms with E-state index in [9.17, 15) is 24.5 Å². The molecule has 3 amide bonds. The third-order valence-electron chi connectivity index (χ3n) is 3.38. The highest BCUT2D eigenvalue weighted by Crippen LogP contribution is 2.12. The Morgan fingerprint density at radius 3 is 2.33 bits per heavy atom. The number of nitrogens with zero attached hydrogens (tertiary/aromatic N) is 1. The smallest absolute Gasteiger partial charge is 0.270 e. The Morgan fingerprint density at radius 1 is 0.963 bits per heavy atom. The summed E-state index contributed by atoms with van der Waals surface area (Å²) in [6, 6.07) is 11.3. The topological polar surface area (TPSA) is 130 Å². The van der Waals surface area contributed by atoms with Crippen LogP contribution in [0.3, 0.4) is 0 Å². The normalized spacial score (nSPS) is 9.96. The molecule has 0 aliphatic heterocycles. The van der Waals surface area contributed by atoms with E-state index in [-0.39, 0.29) is 30.1 Å². The number of nitro benzene ring substituents is 1. The van der Waals surface area contributed by atoms with Crippen LogP contribution in [0.2, 0.25) is 5.02 Å². The van der Waals surface area contributed by atoms with Gasteiger partial charge in [0.2, 0.25) is 5.91 Å². The fraction of sp³-hybridized carbons (Fsp3) is 0.118. The minimum absolute atomic E-state index is 0.0283. The van der Waals surface area contributed by atoms with Crippen molar-refractivity contribution in [2.24, 2.45) is 0 Å². The number of rotatable bonds is 6. The van der Waals surface area contributed by atoms with Gasteiger partial charge in [0.25, 0.3) is 17.5 Å². The van der Waals surface area contributed by atoms with E-state index in [4.69, 9.17) is 11.6 Å². The second-order valence-corrected chi connectivity index (χ2v) is 5.76. The van der Waals surface area contributed by atoms with Gasteiger partial charge in [-0.2, -0.15) is 0 Å². The van der Waals surface area contributed by atoms with Crippen LogP contribution in [0.15, 0.2) is 48.5 Å². The number of hydrogen-bond donors (Lipinski definition) is 3. The van der Waals surface area contributed by atoms with Gasteiger partial charge >= 0.3 is 0 Å². The van der Waals surface area contributed by atoms with E-state index < -0.39 is 16.7 Å². The van der Waals surface area contributed by atoms with Gasteiger partial charge in [-0.25, -0.2) is 0 Å². The Balaban J connectivity index is 1.75. The van der Waals surface area contributed by atoms with Gasteiger partial charge in [0.15, 0.2) is 0 Å². The van der Waals surface area contributed by atoms with Crippen LogP contribution in [0.1, 0.15) is 27.1 Å². The number of hydrazine groups is 1. The average Bonchev–Trinajstić information content (AvgIpc) is 2.66. The largest absolute Gasteiger partial charge is 0.352 e. The predicted molar refractivity (Wildman–Crippen MR) is 97.1 cm³/mol. The minimum atomic E-state index is -0.697. The van der Waals surface area contributed by atoms with Crippen LogP contribution in [0.5, 0.6) is 0 Å². The van der Waals surface area contributed by atoms with Crippen LogP contribution in [0.4, 0.5) is 5.69 Å². The van der Waals surface area contributed by atoms with Crippen molar-refractivity contribution in [2.75, 3.05) is 6.54 Å². The Hall–Kier alpha value is -3.46. The van der Waals surface area contributed by atoms with Gasteiger partial charge in [-0.15, -0.1) is 0 Å². The lowest BCUT2D eigenvalue weighted by Crippen LogP contribution is -2.42. The van der Waals surface area contributed by atoms with Gasteiger partial charge in [-0.05, 0) is 30.3 Å². The quantitative estimate of drug-likeness (QED) is 0.511. The molecule has 140 valence electrons. The number of nitro groups is 1. The van der Waals surface area contributed by atoms with E-state index in [0.717, 1.165) is 6.07 Å². The van der Waals surface area contributed by atoms with E-state index in [1.165, 1.54) is 18.2 Å². The van der Waals surface area contributed by atoms with Gasteiger partial charge < -0.3 is 5.32 Å². The molecule has 9 nitrogen and oxygen atoms in total. The van der Waals surface area contributed by atoms with Crippen molar-refractivity contribution < 1.29 is 19.3 Å². The van der Waals surface area contributed by atoms with Gasteiger partial charge in [0.05, 0.1) is 4.92 Å². The number of benzene rings is 2.